The average molecular weight is 390 g/mol. The van der Waals surface area contributed by atoms with Gasteiger partial charge in [0.15, 0.2) is 11.5 Å². The third-order valence-corrected chi connectivity index (χ3v) is 4.54. The molecular weight excluding hydrogens is 370 g/mol. The monoisotopic (exact) mass is 389 g/mol. The van der Waals surface area contributed by atoms with Crippen molar-refractivity contribution in [3.63, 3.8) is 0 Å². The summed E-state index contributed by atoms with van der Waals surface area (Å²) in [7, 11) is 0. The number of carbonyl (C=O) groups is 1. The zero-order chi connectivity index (χ0) is 17.3. The molecular formula is C19H20BrNO3. The molecule has 4 nitrogen and oxygen atoms in total. The smallest absolute Gasteiger partial charge is 0.258 e. The number of fused-ring (bicyclic) bond motifs is 1. The Kier molecular flexibility index (Phi) is 4.81. The summed E-state index contributed by atoms with van der Waals surface area (Å²) in [5, 5.41) is 0. The van der Waals surface area contributed by atoms with E-state index in [4.69, 9.17) is 9.47 Å². The van der Waals surface area contributed by atoms with Gasteiger partial charge in [-0.3, -0.25) is 4.79 Å². The van der Waals surface area contributed by atoms with Gasteiger partial charge in [-0.05, 0) is 60.5 Å². The van der Waals surface area contributed by atoms with Gasteiger partial charge in [-0.25, -0.2) is 0 Å². The van der Waals surface area contributed by atoms with Crippen molar-refractivity contribution in [1.29, 1.82) is 0 Å². The van der Waals surface area contributed by atoms with Crippen LogP contribution in [0.5, 0.6) is 11.5 Å². The van der Waals surface area contributed by atoms with E-state index in [1.165, 1.54) is 0 Å². The zero-order valence-corrected chi connectivity index (χ0v) is 15.6. The summed E-state index contributed by atoms with van der Waals surface area (Å²) in [6.45, 7) is 7.04. The Hall–Kier alpha value is -2.01. The van der Waals surface area contributed by atoms with Crippen molar-refractivity contribution in [2.75, 3.05) is 18.1 Å². The molecule has 1 aliphatic heterocycles. The predicted molar refractivity (Wildman–Crippen MR) is 98.3 cm³/mol. The zero-order valence-electron chi connectivity index (χ0n) is 14.0. The molecule has 0 saturated heterocycles. The third kappa shape index (κ3) is 3.13. The highest BCUT2D eigenvalue weighted by molar-refractivity contribution is 9.10. The molecule has 0 bridgehead atoms. The van der Waals surface area contributed by atoms with Gasteiger partial charge in [-0.1, -0.05) is 18.2 Å². The van der Waals surface area contributed by atoms with Crippen LogP contribution in [0.4, 0.5) is 5.69 Å². The number of aryl methyl sites for hydroxylation is 1. The molecule has 0 N–H and O–H groups in total. The average Bonchev–Trinajstić information content (AvgIpc) is 2.56. The van der Waals surface area contributed by atoms with Gasteiger partial charge in [0.1, 0.15) is 13.2 Å². The third-order valence-electron chi connectivity index (χ3n) is 3.95. The number of halogens is 1. The van der Waals surface area contributed by atoms with E-state index in [0.29, 0.717) is 30.3 Å². The SMILES string of the molecule is Cc1ccccc1N(C(=O)c1cc(Br)c2c(c1)OCCO2)C(C)C. The van der Waals surface area contributed by atoms with E-state index >= 15 is 0 Å². The maximum atomic E-state index is 13.2. The second-order valence-electron chi connectivity index (χ2n) is 6.04. The van der Waals surface area contributed by atoms with Gasteiger partial charge in [-0.15, -0.1) is 0 Å². The second kappa shape index (κ2) is 6.85. The van der Waals surface area contributed by atoms with Gasteiger partial charge < -0.3 is 14.4 Å². The maximum absolute atomic E-state index is 13.2. The molecule has 1 aliphatic rings. The second-order valence-corrected chi connectivity index (χ2v) is 6.89. The van der Waals surface area contributed by atoms with E-state index in [1.807, 2.05) is 49.9 Å². The number of para-hydroxylation sites is 1. The summed E-state index contributed by atoms with van der Waals surface area (Å²) in [5.74, 6) is 1.20. The van der Waals surface area contributed by atoms with Crippen LogP contribution < -0.4 is 14.4 Å². The standard InChI is InChI=1S/C19H20BrNO3/c1-12(2)21(16-7-5-4-6-13(16)3)19(22)14-10-15(20)18-17(11-14)23-8-9-24-18/h4-7,10-12H,8-9H2,1-3H3. The van der Waals surface area contributed by atoms with Gasteiger partial charge in [0.25, 0.3) is 5.91 Å². The Morgan fingerprint density at radius 1 is 1.17 bits per heavy atom. The van der Waals surface area contributed by atoms with Crippen molar-refractivity contribution >= 4 is 27.5 Å². The molecule has 24 heavy (non-hydrogen) atoms. The molecule has 0 radical (unpaired) electrons. The minimum atomic E-state index is -0.0584. The molecule has 0 fully saturated rings. The molecule has 3 rings (SSSR count). The number of benzene rings is 2. The van der Waals surface area contributed by atoms with Crippen LogP contribution in [-0.2, 0) is 0 Å². The Labute approximate surface area is 150 Å². The first-order valence-corrected chi connectivity index (χ1v) is 8.76. The number of hydrogen-bond acceptors (Lipinski definition) is 3. The lowest BCUT2D eigenvalue weighted by Crippen LogP contribution is -2.37. The van der Waals surface area contributed by atoms with E-state index in [9.17, 15) is 4.79 Å². The molecule has 0 atom stereocenters. The minimum absolute atomic E-state index is 0.0329. The van der Waals surface area contributed by atoms with E-state index in [2.05, 4.69) is 15.9 Å². The van der Waals surface area contributed by atoms with Gasteiger partial charge >= 0.3 is 0 Å². The first-order valence-electron chi connectivity index (χ1n) is 7.97. The quantitative estimate of drug-likeness (QED) is 0.770. The van der Waals surface area contributed by atoms with E-state index < -0.39 is 0 Å². The Morgan fingerprint density at radius 3 is 2.58 bits per heavy atom. The number of rotatable bonds is 3. The number of nitrogens with zero attached hydrogens (tertiary/aromatic N) is 1. The number of ether oxygens (including phenoxy) is 2. The Bertz CT molecular complexity index is 773. The minimum Gasteiger partial charge on any atom is -0.486 e. The molecule has 2 aromatic carbocycles. The summed E-state index contributed by atoms with van der Waals surface area (Å²) in [6.07, 6.45) is 0. The Balaban J connectivity index is 2.03. The fourth-order valence-electron chi connectivity index (χ4n) is 2.83. The number of carbonyl (C=O) groups excluding carboxylic acids is 1. The number of hydrogen-bond donors (Lipinski definition) is 0. The highest BCUT2D eigenvalue weighted by Gasteiger charge is 2.25. The summed E-state index contributed by atoms with van der Waals surface area (Å²) < 4.78 is 12.0. The van der Waals surface area contributed by atoms with E-state index in [-0.39, 0.29) is 11.9 Å². The van der Waals surface area contributed by atoms with Crippen LogP contribution in [0.15, 0.2) is 40.9 Å². The predicted octanol–water partition coefficient (Wildman–Crippen LogP) is 4.58. The number of amides is 1. The van der Waals surface area contributed by atoms with Crippen molar-refractivity contribution in [2.24, 2.45) is 0 Å². The largest absolute Gasteiger partial charge is 0.486 e. The molecule has 2 aromatic rings. The van der Waals surface area contributed by atoms with Crippen LogP contribution in [-0.4, -0.2) is 25.2 Å². The van der Waals surface area contributed by atoms with Crippen LogP contribution in [0.2, 0.25) is 0 Å². The molecule has 0 aliphatic carbocycles. The van der Waals surface area contributed by atoms with Gasteiger partial charge in [-0.2, -0.15) is 0 Å². The van der Waals surface area contributed by atoms with Gasteiger partial charge in [0.2, 0.25) is 0 Å². The van der Waals surface area contributed by atoms with Crippen LogP contribution >= 0.6 is 15.9 Å². The molecule has 0 saturated carbocycles. The van der Waals surface area contributed by atoms with Crippen LogP contribution in [0.1, 0.15) is 29.8 Å². The maximum Gasteiger partial charge on any atom is 0.258 e. The van der Waals surface area contributed by atoms with Crippen molar-refractivity contribution < 1.29 is 14.3 Å². The highest BCUT2D eigenvalue weighted by Crippen LogP contribution is 2.39. The van der Waals surface area contributed by atoms with Crippen LogP contribution in [0, 0.1) is 6.92 Å². The topological polar surface area (TPSA) is 38.8 Å². The molecule has 1 heterocycles. The summed E-state index contributed by atoms with van der Waals surface area (Å²) >= 11 is 3.48. The molecule has 126 valence electrons. The lowest BCUT2D eigenvalue weighted by molar-refractivity contribution is 0.0978. The van der Waals surface area contributed by atoms with E-state index in [0.717, 1.165) is 15.7 Å². The molecule has 0 unspecified atom stereocenters. The van der Waals surface area contributed by atoms with Gasteiger partial charge in [0, 0.05) is 17.3 Å². The molecule has 5 heteroatoms. The highest BCUT2D eigenvalue weighted by atomic mass is 79.9. The molecule has 1 amide bonds. The normalized spacial score (nSPS) is 13.0. The van der Waals surface area contributed by atoms with Crippen LogP contribution in [0.3, 0.4) is 0 Å². The fourth-order valence-corrected chi connectivity index (χ4v) is 3.39. The summed E-state index contributed by atoms with van der Waals surface area (Å²) in [6, 6.07) is 11.5. The van der Waals surface area contributed by atoms with Crippen molar-refractivity contribution in [1.82, 2.24) is 0 Å². The first kappa shape index (κ1) is 16.8. The summed E-state index contributed by atoms with van der Waals surface area (Å²) in [4.78, 5) is 15.0. The lowest BCUT2D eigenvalue weighted by Gasteiger charge is -2.29. The van der Waals surface area contributed by atoms with Gasteiger partial charge in [0.05, 0.1) is 4.47 Å². The van der Waals surface area contributed by atoms with E-state index in [1.54, 1.807) is 12.1 Å². The number of anilines is 1. The molecule has 0 spiro atoms. The van der Waals surface area contributed by atoms with Crippen LogP contribution in [0.25, 0.3) is 0 Å². The fraction of sp³-hybridized carbons (Fsp3) is 0.316. The molecule has 0 aromatic heterocycles. The van der Waals surface area contributed by atoms with Crippen molar-refractivity contribution in [2.45, 2.75) is 26.8 Å². The summed E-state index contributed by atoms with van der Waals surface area (Å²) in [5.41, 5.74) is 2.56. The Morgan fingerprint density at radius 2 is 1.88 bits per heavy atom. The van der Waals surface area contributed by atoms with Crippen molar-refractivity contribution in [3.05, 3.63) is 52.0 Å². The first-order chi connectivity index (χ1) is 11.5. The van der Waals surface area contributed by atoms with Crippen molar-refractivity contribution in [3.8, 4) is 11.5 Å². The lowest BCUT2D eigenvalue weighted by atomic mass is 10.1.